The topological polar surface area (TPSA) is 102 Å². The number of rotatable bonds is 6. The van der Waals surface area contributed by atoms with Crippen LogP contribution in [0.4, 0.5) is 0 Å². The van der Waals surface area contributed by atoms with E-state index in [1.807, 2.05) is 37.3 Å². The van der Waals surface area contributed by atoms with Crippen LogP contribution in [0.2, 0.25) is 0 Å². The van der Waals surface area contributed by atoms with Crippen molar-refractivity contribution in [3.8, 4) is 0 Å². The van der Waals surface area contributed by atoms with Gasteiger partial charge in [0.1, 0.15) is 23.7 Å². The summed E-state index contributed by atoms with van der Waals surface area (Å²) in [6.07, 6.45) is 0.162. The Balaban J connectivity index is 1.76. The molecular formula is C19H21BN2O6S. The van der Waals surface area contributed by atoms with Crippen molar-refractivity contribution in [2.24, 2.45) is 0 Å². The van der Waals surface area contributed by atoms with Crippen molar-refractivity contribution in [2.45, 2.75) is 36.9 Å². The zero-order chi connectivity index (χ0) is 21.1. The molecule has 1 aromatic rings. The molecule has 1 N–H and O–H groups in total. The predicted molar refractivity (Wildman–Crippen MR) is 108 cm³/mol. The SMILES string of the molecule is BOC(=O)C1=C(COC(C)=O)[C@H](C)S[C@@H]2[C@H](NC(=O)Cc3ccccc3)C(=O)N12. The van der Waals surface area contributed by atoms with Crippen LogP contribution in [0.15, 0.2) is 41.6 Å². The van der Waals surface area contributed by atoms with Crippen molar-refractivity contribution < 1.29 is 28.6 Å². The summed E-state index contributed by atoms with van der Waals surface area (Å²) in [4.78, 5) is 50.0. The molecule has 1 aromatic carbocycles. The van der Waals surface area contributed by atoms with Gasteiger partial charge in [-0.05, 0) is 12.5 Å². The van der Waals surface area contributed by atoms with E-state index in [0.29, 0.717) is 5.57 Å². The Morgan fingerprint density at radius 2 is 1.93 bits per heavy atom. The van der Waals surface area contributed by atoms with Gasteiger partial charge in [-0.15, -0.1) is 11.8 Å². The smallest absolute Gasteiger partial charge is 0.337 e. The lowest BCUT2D eigenvalue weighted by Crippen LogP contribution is -2.71. The maximum atomic E-state index is 12.8. The third kappa shape index (κ3) is 4.32. The molecule has 29 heavy (non-hydrogen) atoms. The van der Waals surface area contributed by atoms with Gasteiger partial charge in [0.25, 0.3) is 5.91 Å². The van der Waals surface area contributed by atoms with Gasteiger partial charge in [0.05, 0.1) is 6.42 Å². The number of hydrogen-bond acceptors (Lipinski definition) is 7. The molecule has 2 heterocycles. The average Bonchev–Trinajstić information content (AvgIpc) is 2.70. The first-order valence-electron chi connectivity index (χ1n) is 9.10. The predicted octanol–water partition coefficient (Wildman–Crippen LogP) is -0.0740. The Bertz CT molecular complexity index is 875. The second-order valence-corrected chi connectivity index (χ2v) is 8.19. The first-order chi connectivity index (χ1) is 13.8. The van der Waals surface area contributed by atoms with Crippen LogP contribution in [0.1, 0.15) is 19.4 Å². The quantitative estimate of drug-likeness (QED) is 0.393. The Morgan fingerprint density at radius 1 is 1.24 bits per heavy atom. The molecule has 1 fully saturated rings. The Morgan fingerprint density at radius 3 is 2.55 bits per heavy atom. The Kier molecular flexibility index (Phi) is 6.31. The number of carbonyl (C=O) groups is 4. The van der Waals surface area contributed by atoms with E-state index in [2.05, 4.69) is 5.32 Å². The second kappa shape index (κ2) is 8.73. The van der Waals surface area contributed by atoms with E-state index in [-0.39, 0.29) is 29.9 Å². The van der Waals surface area contributed by atoms with E-state index in [1.54, 1.807) is 0 Å². The van der Waals surface area contributed by atoms with Crippen LogP contribution in [0.3, 0.4) is 0 Å². The number of amides is 2. The number of nitrogens with zero attached hydrogens (tertiary/aromatic N) is 1. The van der Waals surface area contributed by atoms with Crippen molar-refractivity contribution in [3.63, 3.8) is 0 Å². The van der Waals surface area contributed by atoms with E-state index in [1.165, 1.54) is 31.6 Å². The van der Waals surface area contributed by atoms with Gasteiger partial charge in [0.15, 0.2) is 0 Å². The highest BCUT2D eigenvalue weighted by atomic mass is 32.2. The van der Waals surface area contributed by atoms with Crippen molar-refractivity contribution in [1.82, 2.24) is 10.2 Å². The van der Waals surface area contributed by atoms with Gasteiger partial charge in [-0.3, -0.25) is 19.3 Å². The molecule has 10 heteroatoms. The molecule has 1 saturated heterocycles. The molecule has 0 bridgehead atoms. The van der Waals surface area contributed by atoms with Gasteiger partial charge in [0.2, 0.25) is 5.91 Å². The molecule has 8 nitrogen and oxygen atoms in total. The highest BCUT2D eigenvalue weighted by Crippen LogP contribution is 2.44. The second-order valence-electron chi connectivity index (χ2n) is 6.73. The molecule has 152 valence electrons. The van der Waals surface area contributed by atoms with Crippen molar-refractivity contribution >= 4 is 43.6 Å². The molecule has 2 aliphatic heterocycles. The van der Waals surface area contributed by atoms with Crippen LogP contribution in [-0.2, 0) is 35.0 Å². The molecular weight excluding hydrogens is 395 g/mol. The third-order valence-corrected chi connectivity index (χ3v) is 6.21. The number of thioether (sulfide) groups is 1. The molecule has 0 radical (unpaired) electrons. The standard InChI is InChI=1S/C19H21BN2O6S/c1-10-13(9-27-11(2)23)16(19(26)28-20)22-17(25)15(18(22)29-10)21-14(24)8-12-6-4-3-5-7-12/h3-7,10,15,18H,8-9,20H2,1-2H3,(H,21,24)/t10-,15+,18+/m0/s1. The summed E-state index contributed by atoms with van der Waals surface area (Å²) in [5, 5.41) is 2.14. The largest absolute Gasteiger partial charge is 0.539 e. The number of β-lactam (4-membered cyclic amide) rings is 1. The third-order valence-electron chi connectivity index (χ3n) is 4.76. The number of hydrogen-bond donors (Lipinski definition) is 1. The average molecular weight is 416 g/mol. The zero-order valence-electron chi connectivity index (χ0n) is 16.3. The van der Waals surface area contributed by atoms with Gasteiger partial charge in [-0.2, -0.15) is 0 Å². The van der Waals surface area contributed by atoms with Crippen LogP contribution < -0.4 is 5.32 Å². The maximum Gasteiger partial charge on any atom is 0.337 e. The summed E-state index contributed by atoms with van der Waals surface area (Å²) in [5.41, 5.74) is 1.44. The first kappa shape index (κ1) is 21.0. The number of nitrogens with one attached hydrogen (secondary N) is 1. The number of fused-ring (bicyclic) bond motifs is 1. The number of benzene rings is 1. The highest BCUT2D eigenvalue weighted by molar-refractivity contribution is 8.00. The summed E-state index contributed by atoms with van der Waals surface area (Å²) in [6.45, 7) is 3.03. The van der Waals surface area contributed by atoms with Crippen LogP contribution in [0.25, 0.3) is 0 Å². The lowest BCUT2D eigenvalue weighted by Gasteiger charge is -2.51. The molecule has 2 amide bonds. The van der Waals surface area contributed by atoms with Crippen molar-refractivity contribution in [1.29, 1.82) is 0 Å². The number of esters is 1. The minimum atomic E-state index is -0.728. The summed E-state index contributed by atoms with van der Waals surface area (Å²) in [6, 6.07) is 8.50. The molecule has 0 aliphatic carbocycles. The van der Waals surface area contributed by atoms with Gasteiger partial charge in [0, 0.05) is 17.7 Å². The normalized spacial score (nSPS) is 23.0. The van der Waals surface area contributed by atoms with Gasteiger partial charge in [-0.25, -0.2) is 4.79 Å². The van der Waals surface area contributed by atoms with E-state index < -0.39 is 29.3 Å². The summed E-state index contributed by atoms with van der Waals surface area (Å²) < 4.78 is 9.90. The summed E-state index contributed by atoms with van der Waals surface area (Å²) in [7, 11) is 1.23. The highest BCUT2D eigenvalue weighted by Gasteiger charge is 2.55. The molecule has 0 unspecified atom stereocenters. The van der Waals surface area contributed by atoms with Gasteiger partial charge < -0.3 is 14.7 Å². The number of ether oxygens (including phenoxy) is 1. The first-order valence-corrected chi connectivity index (χ1v) is 10.0. The monoisotopic (exact) mass is 416 g/mol. The molecule has 2 aliphatic rings. The molecule has 0 spiro atoms. The minimum absolute atomic E-state index is 0.0866. The fraction of sp³-hybridized carbons (Fsp3) is 0.368. The molecule has 3 rings (SSSR count). The zero-order valence-corrected chi connectivity index (χ0v) is 17.2. The lowest BCUT2D eigenvalue weighted by atomic mass is 10.0. The van der Waals surface area contributed by atoms with Gasteiger partial charge in [-0.1, -0.05) is 30.3 Å². The fourth-order valence-corrected chi connectivity index (χ4v) is 4.74. The molecule has 0 saturated carbocycles. The van der Waals surface area contributed by atoms with E-state index in [4.69, 9.17) is 9.39 Å². The van der Waals surface area contributed by atoms with Crippen LogP contribution in [-0.4, -0.2) is 60.0 Å². The van der Waals surface area contributed by atoms with Crippen molar-refractivity contribution in [2.75, 3.05) is 6.61 Å². The van der Waals surface area contributed by atoms with Crippen LogP contribution >= 0.6 is 11.8 Å². The van der Waals surface area contributed by atoms with E-state index in [0.717, 1.165) is 5.56 Å². The fourth-order valence-electron chi connectivity index (χ4n) is 3.31. The minimum Gasteiger partial charge on any atom is -0.539 e. The Hall–Kier alpha value is -2.75. The number of carbonyl (C=O) groups excluding carboxylic acids is 4. The van der Waals surface area contributed by atoms with Gasteiger partial charge >= 0.3 is 20.0 Å². The van der Waals surface area contributed by atoms with Crippen LogP contribution in [0.5, 0.6) is 0 Å². The maximum absolute atomic E-state index is 12.8. The lowest BCUT2D eigenvalue weighted by molar-refractivity contribution is -0.150. The Labute approximate surface area is 173 Å². The van der Waals surface area contributed by atoms with E-state index in [9.17, 15) is 19.2 Å². The molecule has 3 atom stereocenters. The van der Waals surface area contributed by atoms with Crippen LogP contribution in [0, 0.1) is 0 Å². The van der Waals surface area contributed by atoms with Crippen molar-refractivity contribution in [3.05, 3.63) is 47.2 Å². The molecule has 0 aromatic heterocycles. The summed E-state index contributed by atoms with van der Waals surface area (Å²) >= 11 is 1.42. The van der Waals surface area contributed by atoms with E-state index >= 15 is 0 Å². The summed E-state index contributed by atoms with van der Waals surface area (Å²) in [5.74, 6) is -1.82.